The molecular weight excluding hydrogens is 258 g/mol. The van der Waals surface area contributed by atoms with Crippen LogP contribution in [0.15, 0.2) is 0 Å². The number of nitrogens with one attached hydrogen (secondary N) is 1. The number of nitrogens with zero attached hydrogens (tertiary/aromatic N) is 2. The first-order chi connectivity index (χ1) is 9.36. The maximum absolute atomic E-state index is 11.8. The van der Waals surface area contributed by atoms with Crippen molar-refractivity contribution in [1.29, 1.82) is 0 Å². The summed E-state index contributed by atoms with van der Waals surface area (Å²) in [6, 6.07) is 0.424. The minimum Gasteiger partial charge on any atom is -0.481 e. The monoisotopic (exact) mass is 285 g/mol. The van der Waals surface area contributed by atoms with Crippen LogP contribution < -0.4 is 5.32 Å². The molecule has 1 aliphatic rings. The van der Waals surface area contributed by atoms with Gasteiger partial charge in [0.25, 0.3) is 0 Å². The standard InChI is InChI=1S/C14H27N3O3/c1-5-10(2)16(4)7-6-15-14(20)17-8-12(9-17)11(3)13(18)19/h10-12H,5-9H2,1-4H3,(H,15,20)(H,18,19). The van der Waals surface area contributed by atoms with Gasteiger partial charge in [-0.25, -0.2) is 4.79 Å². The van der Waals surface area contributed by atoms with Gasteiger partial charge < -0.3 is 20.2 Å². The first-order valence-electron chi connectivity index (χ1n) is 7.32. The van der Waals surface area contributed by atoms with E-state index in [2.05, 4.69) is 31.1 Å². The van der Waals surface area contributed by atoms with Crippen molar-refractivity contribution in [3.05, 3.63) is 0 Å². The largest absolute Gasteiger partial charge is 0.481 e. The van der Waals surface area contributed by atoms with Crippen LogP contribution in [0.1, 0.15) is 27.2 Å². The normalized spacial score (nSPS) is 18.6. The van der Waals surface area contributed by atoms with Gasteiger partial charge in [-0.3, -0.25) is 4.79 Å². The lowest BCUT2D eigenvalue weighted by Crippen LogP contribution is -2.57. The van der Waals surface area contributed by atoms with Crippen LogP contribution in [0.2, 0.25) is 0 Å². The van der Waals surface area contributed by atoms with E-state index < -0.39 is 5.97 Å². The van der Waals surface area contributed by atoms with Gasteiger partial charge in [0.05, 0.1) is 5.92 Å². The number of amides is 2. The fourth-order valence-corrected chi connectivity index (χ4v) is 2.18. The van der Waals surface area contributed by atoms with Gasteiger partial charge in [-0.15, -0.1) is 0 Å². The van der Waals surface area contributed by atoms with Crippen molar-refractivity contribution in [2.45, 2.75) is 33.2 Å². The van der Waals surface area contributed by atoms with Crippen LogP contribution in [0.5, 0.6) is 0 Å². The van der Waals surface area contributed by atoms with Gasteiger partial charge in [-0.05, 0) is 20.4 Å². The zero-order valence-electron chi connectivity index (χ0n) is 12.9. The van der Waals surface area contributed by atoms with Gasteiger partial charge in [0, 0.05) is 38.1 Å². The van der Waals surface area contributed by atoms with Crippen molar-refractivity contribution in [3.8, 4) is 0 Å². The summed E-state index contributed by atoms with van der Waals surface area (Å²) >= 11 is 0. The number of hydrogen-bond donors (Lipinski definition) is 2. The lowest BCUT2D eigenvalue weighted by Gasteiger charge is -2.41. The number of carboxylic acids is 1. The molecule has 0 aliphatic carbocycles. The molecule has 2 N–H and O–H groups in total. The summed E-state index contributed by atoms with van der Waals surface area (Å²) in [5.41, 5.74) is 0. The average molecular weight is 285 g/mol. The van der Waals surface area contributed by atoms with Crippen molar-refractivity contribution in [2.24, 2.45) is 11.8 Å². The summed E-state index contributed by atoms with van der Waals surface area (Å²) in [6.45, 7) is 8.53. The molecule has 0 spiro atoms. The lowest BCUT2D eigenvalue weighted by atomic mass is 9.87. The van der Waals surface area contributed by atoms with Crippen LogP contribution in [-0.2, 0) is 4.79 Å². The smallest absolute Gasteiger partial charge is 0.317 e. The molecule has 6 heteroatoms. The first-order valence-corrected chi connectivity index (χ1v) is 7.32. The second kappa shape index (κ2) is 7.47. The van der Waals surface area contributed by atoms with E-state index in [1.54, 1.807) is 11.8 Å². The highest BCUT2D eigenvalue weighted by molar-refractivity contribution is 5.76. The van der Waals surface area contributed by atoms with Crippen LogP contribution in [0.4, 0.5) is 4.79 Å². The minimum atomic E-state index is -0.787. The molecule has 1 rings (SSSR count). The highest BCUT2D eigenvalue weighted by Crippen LogP contribution is 2.23. The first kappa shape index (κ1) is 16.8. The highest BCUT2D eigenvalue weighted by Gasteiger charge is 2.36. The Kier molecular flexibility index (Phi) is 6.26. The van der Waals surface area contributed by atoms with E-state index in [4.69, 9.17) is 5.11 Å². The van der Waals surface area contributed by atoms with E-state index in [9.17, 15) is 9.59 Å². The zero-order chi connectivity index (χ0) is 15.3. The van der Waals surface area contributed by atoms with Crippen LogP contribution in [0.25, 0.3) is 0 Å². The molecular formula is C14H27N3O3. The zero-order valence-corrected chi connectivity index (χ0v) is 12.9. The van der Waals surface area contributed by atoms with E-state index >= 15 is 0 Å². The highest BCUT2D eigenvalue weighted by atomic mass is 16.4. The van der Waals surface area contributed by atoms with Crippen LogP contribution in [-0.4, -0.2) is 66.2 Å². The van der Waals surface area contributed by atoms with Crippen LogP contribution in [0.3, 0.4) is 0 Å². The molecule has 1 fully saturated rings. The predicted octanol–water partition coefficient (Wildman–Crippen LogP) is 1.08. The number of aliphatic carboxylic acids is 1. The van der Waals surface area contributed by atoms with Gasteiger partial charge in [-0.1, -0.05) is 13.8 Å². The lowest BCUT2D eigenvalue weighted by molar-refractivity contribution is -0.144. The second-order valence-corrected chi connectivity index (χ2v) is 5.76. The fraction of sp³-hybridized carbons (Fsp3) is 0.857. The van der Waals surface area contributed by atoms with Crippen molar-refractivity contribution in [3.63, 3.8) is 0 Å². The Hall–Kier alpha value is -1.30. The number of likely N-dealkylation sites (tertiary alicyclic amines) is 1. The van der Waals surface area contributed by atoms with Gasteiger partial charge >= 0.3 is 12.0 Å². The van der Waals surface area contributed by atoms with E-state index in [1.165, 1.54) is 0 Å². The molecule has 0 aromatic heterocycles. The number of hydrogen-bond acceptors (Lipinski definition) is 3. The Morgan fingerprint density at radius 3 is 2.50 bits per heavy atom. The Bertz CT molecular complexity index is 343. The second-order valence-electron chi connectivity index (χ2n) is 5.76. The van der Waals surface area contributed by atoms with Crippen molar-refractivity contribution >= 4 is 12.0 Å². The molecule has 0 aromatic carbocycles. The molecule has 1 heterocycles. The summed E-state index contributed by atoms with van der Waals surface area (Å²) in [4.78, 5) is 26.5. The van der Waals surface area contributed by atoms with E-state index in [0.717, 1.165) is 13.0 Å². The maximum Gasteiger partial charge on any atom is 0.317 e. The number of carboxylic acid groups (broad SMARTS) is 1. The topological polar surface area (TPSA) is 72.9 Å². The number of rotatable bonds is 7. The molecule has 6 nitrogen and oxygen atoms in total. The SMILES string of the molecule is CCC(C)N(C)CCNC(=O)N1CC(C(C)C(=O)O)C1. The van der Waals surface area contributed by atoms with Crippen LogP contribution in [0, 0.1) is 11.8 Å². The molecule has 0 aromatic rings. The Morgan fingerprint density at radius 1 is 1.40 bits per heavy atom. The molecule has 0 bridgehead atoms. The van der Waals surface area contributed by atoms with Crippen molar-refractivity contribution in [1.82, 2.24) is 15.1 Å². The molecule has 1 saturated heterocycles. The number of carbonyl (C=O) groups is 2. The summed E-state index contributed by atoms with van der Waals surface area (Å²) < 4.78 is 0. The van der Waals surface area contributed by atoms with Gasteiger partial charge in [0.15, 0.2) is 0 Å². The molecule has 2 atom stereocenters. The van der Waals surface area contributed by atoms with Crippen LogP contribution >= 0.6 is 0 Å². The molecule has 2 amide bonds. The summed E-state index contributed by atoms with van der Waals surface area (Å²) in [6.07, 6.45) is 1.09. The molecule has 0 radical (unpaired) electrons. The average Bonchev–Trinajstić information content (AvgIpc) is 2.35. The maximum atomic E-state index is 11.8. The summed E-state index contributed by atoms with van der Waals surface area (Å²) in [5.74, 6) is -1.08. The number of likely N-dealkylation sites (N-methyl/N-ethyl adjacent to an activating group) is 1. The fourth-order valence-electron chi connectivity index (χ4n) is 2.18. The molecule has 116 valence electrons. The van der Waals surface area contributed by atoms with E-state index in [1.807, 2.05) is 0 Å². The van der Waals surface area contributed by atoms with Crippen molar-refractivity contribution in [2.75, 3.05) is 33.2 Å². The molecule has 2 unspecified atom stereocenters. The van der Waals surface area contributed by atoms with Gasteiger partial charge in [0.1, 0.15) is 0 Å². The molecule has 0 saturated carbocycles. The van der Waals surface area contributed by atoms with E-state index in [-0.39, 0.29) is 17.9 Å². The summed E-state index contributed by atoms with van der Waals surface area (Å²) in [7, 11) is 2.05. The Balaban J connectivity index is 2.18. The minimum absolute atomic E-state index is 0.0843. The molecule has 20 heavy (non-hydrogen) atoms. The number of carbonyl (C=O) groups excluding carboxylic acids is 1. The Labute approximate surface area is 121 Å². The van der Waals surface area contributed by atoms with Crippen molar-refractivity contribution < 1.29 is 14.7 Å². The third-order valence-electron chi connectivity index (χ3n) is 4.38. The van der Waals surface area contributed by atoms with E-state index in [0.29, 0.717) is 25.7 Å². The third-order valence-corrected chi connectivity index (χ3v) is 4.38. The predicted molar refractivity (Wildman–Crippen MR) is 77.6 cm³/mol. The molecule has 1 aliphatic heterocycles. The van der Waals surface area contributed by atoms with Gasteiger partial charge in [0.2, 0.25) is 0 Å². The third kappa shape index (κ3) is 4.37. The summed E-state index contributed by atoms with van der Waals surface area (Å²) in [5, 5.41) is 11.8. The quantitative estimate of drug-likeness (QED) is 0.734. The Morgan fingerprint density at radius 2 is 2.00 bits per heavy atom. The van der Waals surface area contributed by atoms with Gasteiger partial charge in [-0.2, -0.15) is 0 Å². The number of urea groups is 1.